The summed E-state index contributed by atoms with van der Waals surface area (Å²) < 4.78 is 1.63. The van der Waals surface area contributed by atoms with Crippen LogP contribution in [0, 0.1) is 0 Å². The molecule has 0 atom stereocenters. The van der Waals surface area contributed by atoms with Crippen LogP contribution in [0.4, 0.5) is 4.79 Å². The molecule has 1 heterocycles. The van der Waals surface area contributed by atoms with Crippen molar-refractivity contribution in [1.82, 2.24) is 4.90 Å². The average Bonchev–Trinajstić information content (AvgIpc) is 2.29. The Morgan fingerprint density at radius 1 is 1.07 bits per heavy atom. The molecule has 15 heavy (non-hydrogen) atoms. The van der Waals surface area contributed by atoms with Crippen LogP contribution in [0.3, 0.4) is 0 Å². The van der Waals surface area contributed by atoms with Crippen molar-refractivity contribution in [2.45, 2.75) is 26.7 Å². The lowest BCUT2D eigenvalue weighted by Crippen LogP contribution is -2.52. The maximum Gasteiger partial charge on any atom is 0.497 e. The van der Waals surface area contributed by atoms with Crippen molar-refractivity contribution in [3.05, 3.63) is 30.6 Å². The summed E-state index contributed by atoms with van der Waals surface area (Å²) in [5.41, 5.74) is 0. The molecule has 1 aromatic rings. The summed E-state index contributed by atoms with van der Waals surface area (Å²) in [6.07, 6.45) is 5.58. The Balaban J connectivity index is 2.71. The second kappa shape index (κ2) is 6.17. The Hall–Kier alpha value is -1.38. The molecule has 82 valence electrons. The molecule has 0 fully saturated rings. The van der Waals surface area contributed by atoms with Crippen LogP contribution in [-0.2, 0) is 0 Å². The van der Waals surface area contributed by atoms with E-state index in [9.17, 15) is 4.79 Å². The Morgan fingerprint density at radius 2 is 1.60 bits per heavy atom. The number of amides is 1. The molecule has 0 saturated heterocycles. The number of carbonyl (C=O) groups excluding carboxylic acids is 1. The summed E-state index contributed by atoms with van der Waals surface area (Å²) in [5, 5.41) is 0. The summed E-state index contributed by atoms with van der Waals surface area (Å²) in [4.78, 5) is 13.9. The van der Waals surface area contributed by atoms with Gasteiger partial charge in [0.2, 0.25) is 0 Å². The van der Waals surface area contributed by atoms with E-state index in [1.807, 2.05) is 23.1 Å². The van der Waals surface area contributed by atoms with Gasteiger partial charge in [0.15, 0.2) is 0 Å². The van der Waals surface area contributed by atoms with Gasteiger partial charge in [-0.05, 0) is 25.0 Å². The molecule has 0 aliphatic carbocycles. The minimum atomic E-state index is 0.0688. The van der Waals surface area contributed by atoms with E-state index >= 15 is 0 Å². The van der Waals surface area contributed by atoms with Crippen LogP contribution in [0.5, 0.6) is 0 Å². The molecule has 3 nitrogen and oxygen atoms in total. The molecule has 1 amide bonds. The van der Waals surface area contributed by atoms with Crippen molar-refractivity contribution in [3.63, 3.8) is 0 Å². The second-order valence-electron chi connectivity index (χ2n) is 3.55. The van der Waals surface area contributed by atoms with Crippen LogP contribution in [0.25, 0.3) is 0 Å². The third kappa shape index (κ3) is 3.35. The summed E-state index contributed by atoms with van der Waals surface area (Å²) in [6.45, 7) is 5.83. The number of aromatic nitrogens is 1. The molecular weight excluding hydrogens is 188 g/mol. The molecule has 0 unspecified atom stereocenters. The van der Waals surface area contributed by atoms with E-state index in [4.69, 9.17) is 0 Å². The first-order chi connectivity index (χ1) is 7.29. The van der Waals surface area contributed by atoms with Crippen molar-refractivity contribution in [2.24, 2.45) is 0 Å². The van der Waals surface area contributed by atoms with Crippen molar-refractivity contribution in [1.29, 1.82) is 0 Å². The lowest BCUT2D eigenvalue weighted by molar-refractivity contribution is -0.578. The fourth-order valence-corrected chi connectivity index (χ4v) is 1.53. The Kier molecular flexibility index (Phi) is 4.81. The summed E-state index contributed by atoms with van der Waals surface area (Å²) in [7, 11) is 0. The lowest BCUT2D eigenvalue weighted by Gasteiger charge is -2.13. The highest BCUT2D eigenvalue weighted by Gasteiger charge is 2.21. The topological polar surface area (TPSA) is 24.2 Å². The molecule has 0 radical (unpaired) electrons. The smallest absolute Gasteiger partial charge is 0.225 e. The van der Waals surface area contributed by atoms with E-state index in [1.54, 1.807) is 17.0 Å². The van der Waals surface area contributed by atoms with Gasteiger partial charge in [0.25, 0.3) is 0 Å². The van der Waals surface area contributed by atoms with Gasteiger partial charge in [-0.15, -0.1) is 0 Å². The van der Waals surface area contributed by atoms with Gasteiger partial charge in [-0.3, -0.25) is 0 Å². The van der Waals surface area contributed by atoms with Gasteiger partial charge in [-0.2, -0.15) is 9.36 Å². The minimum absolute atomic E-state index is 0.0688. The monoisotopic (exact) mass is 207 g/mol. The molecule has 1 rings (SSSR count). The van der Waals surface area contributed by atoms with Crippen molar-refractivity contribution >= 4 is 6.03 Å². The van der Waals surface area contributed by atoms with Crippen molar-refractivity contribution in [2.75, 3.05) is 13.1 Å². The van der Waals surface area contributed by atoms with Gasteiger partial charge in [0, 0.05) is 0 Å². The maximum atomic E-state index is 12.0. The van der Waals surface area contributed by atoms with Crippen LogP contribution in [0.15, 0.2) is 30.6 Å². The molecule has 0 bridgehead atoms. The fraction of sp³-hybridized carbons (Fsp3) is 0.500. The summed E-state index contributed by atoms with van der Waals surface area (Å²) in [5.74, 6) is 0. The van der Waals surface area contributed by atoms with Gasteiger partial charge in [0.1, 0.15) is 0 Å². The summed E-state index contributed by atoms with van der Waals surface area (Å²) in [6, 6.07) is 5.72. The molecule has 0 spiro atoms. The molecule has 0 aliphatic heterocycles. The van der Waals surface area contributed by atoms with Crippen LogP contribution in [0.2, 0.25) is 0 Å². The predicted molar refractivity (Wildman–Crippen MR) is 59.6 cm³/mol. The number of carbonyl (C=O) groups is 1. The van der Waals surface area contributed by atoms with Crippen LogP contribution >= 0.6 is 0 Å². The van der Waals surface area contributed by atoms with Gasteiger partial charge in [-0.25, -0.2) is 4.90 Å². The zero-order valence-electron chi connectivity index (χ0n) is 9.52. The third-order valence-corrected chi connectivity index (χ3v) is 2.19. The minimum Gasteiger partial charge on any atom is -0.225 e. The number of hydrogen-bond donors (Lipinski definition) is 0. The standard InChI is InChI=1S/C12H19N2O/c1-3-8-13(9-4-2)12(15)14-10-6-5-7-11-14/h5-7,10-11H,3-4,8-9H2,1-2H3/q+1. The number of pyridine rings is 1. The maximum absolute atomic E-state index is 12.0. The van der Waals surface area contributed by atoms with E-state index in [2.05, 4.69) is 13.8 Å². The molecule has 0 aliphatic rings. The quantitative estimate of drug-likeness (QED) is 0.693. The Morgan fingerprint density at radius 3 is 2.07 bits per heavy atom. The second-order valence-corrected chi connectivity index (χ2v) is 3.55. The van der Waals surface area contributed by atoms with Crippen LogP contribution in [0.1, 0.15) is 26.7 Å². The molecule has 0 saturated carbocycles. The van der Waals surface area contributed by atoms with E-state index in [0.29, 0.717) is 0 Å². The van der Waals surface area contributed by atoms with Gasteiger partial charge < -0.3 is 0 Å². The van der Waals surface area contributed by atoms with Gasteiger partial charge in [-0.1, -0.05) is 19.9 Å². The highest BCUT2D eigenvalue weighted by molar-refractivity contribution is 5.64. The molecule has 1 aromatic heterocycles. The normalized spacial score (nSPS) is 10.0. The third-order valence-electron chi connectivity index (χ3n) is 2.19. The number of nitrogens with zero attached hydrogens (tertiary/aromatic N) is 2. The first-order valence-electron chi connectivity index (χ1n) is 5.55. The van der Waals surface area contributed by atoms with Crippen molar-refractivity contribution < 1.29 is 9.36 Å². The lowest BCUT2D eigenvalue weighted by atomic mass is 10.3. The number of rotatable bonds is 4. The summed E-state index contributed by atoms with van der Waals surface area (Å²) >= 11 is 0. The molecular formula is C12H19N2O+. The predicted octanol–water partition coefficient (Wildman–Crippen LogP) is 2.06. The zero-order valence-corrected chi connectivity index (χ0v) is 9.52. The van der Waals surface area contributed by atoms with Gasteiger partial charge in [0.05, 0.1) is 25.5 Å². The SMILES string of the molecule is CCCN(CCC)C(=O)[n+]1ccccc1. The van der Waals surface area contributed by atoms with Gasteiger partial charge >= 0.3 is 6.03 Å². The van der Waals surface area contributed by atoms with E-state index in [1.165, 1.54) is 0 Å². The first kappa shape index (κ1) is 11.7. The largest absolute Gasteiger partial charge is 0.497 e. The van der Waals surface area contributed by atoms with Crippen molar-refractivity contribution in [3.8, 4) is 0 Å². The number of hydrogen-bond acceptors (Lipinski definition) is 1. The Labute approximate surface area is 91.3 Å². The molecule has 3 heteroatoms. The zero-order chi connectivity index (χ0) is 11.1. The van der Waals surface area contributed by atoms with E-state index in [0.717, 1.165) is 25.9 Å². The average molecular weight is 207 g/mol. The van der Waals surface area contributed by atoms with E-state index in [-0.39, 0.29) is 6.03 Å². The van der Waals surface area contributed by atoms with E-state index < -0.39 is 0 Å². The highest BCUT2D eigenvalue weighted by Crippen LogP contribution is 1.94. The fourth-order valence-electron chi connectivity index (χ4n) is 1.53. The first-order valence-corrected chi connectivity index (χ1v) is 5.55. The van der Waals surface area contributed by atoms with Crippen LogP contribution in [-0.4, -0.2) is 24.0 Å². The molecule has 0 aromatic carbocycles. The highest BCUT2D eigenvalue weighted by atomic mass is 16.2. The Bertz CT molecular complexity index is 292. The molecule has 0 N–H and O–H groups in total. The van der Waals surface area contributed by atoms with Crippen LogP contribution < -0.4 is 4.57 Å².